The molecule has 0 amide bonds. The van der Waals surface area contributed by atoms with E-state index in [0.29, 0.717) is 0 Å². The Balaban J connectivity index is 2.88. The number of aliphatic carboxylic acids is 2. The number of imidazole rings is 1. The summed E-state index contributed by atoms with van der Waals surface area (Å²) in [6.45, 7) is 0. The summed E-state index contributed by atoms with van der Waals surface area (Å²) < 4.78 is 0. The van der Waals surface area contributed by atoms with Gasteiger partial charge in [0.15, 0.2) is 0 Å². The first kappa shape index (κ1) is 14.3. The summed E-state index contributed by atoms with van der Waals surface area (Å²) in [5, 5.41) is 28.2. The van der Waals surface area contributed by atoms with E-state index in [1.54, 1.807) is 0 Å². The lowest BCUT2D eigenvalue weighted by Gasteiger charge is -2.24. The number of hydrogen-bond donors (Lipinski definition) is 4. The number of carboxylic acid groups (broad SMARTS) is 3. The fourth-order valence-corrected chi connectivity index (χ4v) is 2.12. The third-order valence-electron chi connectivity index (χ3n) is 3.06. The molecule has 0 saturated carbocycles. The van der Waals surface area contributed by atoms with Crippen molar-refractivity contribution in [2.45, 2.75) is 5.41 Å². The van der Waals surface area contributed by atoms with Crippen LogP contribution < -0.4 is 0 Å². The van der Waals surface area contributed by atoms with Crippen LogP contribution in [0.4, 0.5) is 0 Å². The normalized spacial score (nSPS) is 11.0. The third kappa shape index (κ3) is 2.02. The fraction of sp³-hybridized carbons (Fsp3) is 0.0769. The van der Waals surface area contributed by atoms with E-state index < -0.39 is 28.9 Å². The molecule has 2 rings (SSSR count). The van der Waals surface area contributed by atoms with E-state index in [0.717, 1.165) is 12.1 Å². The minimum Gasteiger partial charge on any atom is -0.480 e. The third-order valence-corrected chi connectivity index (χ3v) is 3.06. The molecular formula is C13H10N2O6. The first-order valence-corrected chi connectivity index (χ1v) is 5.71. The number of benzene rings is 1. The smallest absolute Gasteiger partial charge is 0.336 e. The Morgan fingerprint density at radius 3 is 2.14 bits per heavy atom. The van der Waals surface area contributed by atoms with Crippen LogP contribution in [0.25, 0.3) is 0 Å². The van der Waals surface area contributed by atoms with E-state index in [9.17, 15) is 29.7 Å². The molecule has 0 aliphatic carbocycles. The van der Waals surface area contributed by atoms with Crippen molar-refractivity contribution in [3.05, 3.63) is 53.6 Å². The van der Waals surface area contributed by atoms with Gasteiger partial charge in [-0.05, 0) is 6.07 Å². The average molecular weight is 290 g/mol. The molecule has 0 atom stereocenters. The van der Waals surface area contributed by atoms with Crippen LogP contribution in [0.2, 0.25) is 0 Å². The molecule has 1 aromatic carbocycles. The topological polar surface area (TPSA) is 141 Å². The van der Waals surface area contributed by atoms with Crippen molar-refractivity contribution in [3.8, 4) is 0 Å². The lowest BCUT2D eigenvalue weighted by atomic mass is 9.77. The van der Waals surface area contributed by atoms with E-state index in [2.05, 4.69) is 9.97 Å². The second-order valence-corrected chi connectivity index (χ2v) is 4.15. The van der Waals surface area contributed by atoms with Crippen LogP contribution >= 0.6 is 0 Å². The lowest BCUT2D eigenvalue weighted by Crippen LogP contribution is -2.46. The molecule has 21 heavy (non-hydrogen) atoms. The van der Waals surface area contributed by atoms with Gasteiger partial charge in [-0.15, -0.1) is 0 Å². The number of aromatic carboxylic acids is 1. The van der Waals surface area contributed by atoms with E-state index >= 15 is 0 Å². The van der Waals surface area contributed by atoms with Gasteiger partial charge >= 0.3 is 17.9 Å². The van der Waals surface area contributed by atoms with Gasteiger partial charge in [0.25, 0.3) is 0 Å². The van der Waals surface area contributed by atoms with Crippen LogP contribution in [0.15, 0.2) is 36.7 Å². The highest BCUT2D eigenvalue weighted by Gasteiger charge is 2.54. The number of rotatable bonds is 5. The number of carboxylic acids is 3. The summed E-state index contributed by atoms with van der Waals surface area (Å²) >= 11 is 0. The maximum Gasteiger partial charge on any atom is 0.336 e. The minimum absolute atomic E-state index is 0.379. The summed E-state index contributed by atoms with van der Waals surface area (Å²) in [7, 11) is 0. The summed E-state index contributed by atoms with van der Waals surface area (Å²) in [6.07, 6.45) is 2.46. The molecule has 1 aromatic heterocycles. The quantitative estimate of drug-likeness (QED) is 0.589. The molecule has 2 aromatic rings. The molecule has 108 valence electrons. The predicted octanol–water partition coefficient (Wildman–Crippen LogP) is 0.563. The first-order valence-electron chi connectivity index (χ1n) is 5.71. The molecular weight excluding hydrogens is 280 g/mol. The van der Waals surface area contributed by atoms with Crippen molar-refractivity contribution < 1.29 is 29.7 Å². The highest BCUT2D eigenvalue weighted by molar-refractivity contribution is 6.10. The molecule has 0 radical (unpaired) electrons. The Morgan fingerprint density at radius 2 is 1.67 bits per heavy atom. The van der Waals surface area contributed by atoms with Crippen molar-refractivity contribution in [3.63, 3.8) is 0 Å². The van der Waals surface area contributed by atoms with Gasteiger partial charge in [-0.25, -0.2) is 9.78 Å². The molecule has 8 heteroatoms. The van der Waals surface area contributed by atoms with Gasteiger partial charge in [-0.1, -0.05) is 18.2 Å². The zero-order valence-corrected chi connectivity index (χ0v) is 10.5. The Labute approximate surface area is 117 Å². The molecule has 4 N–H and O–H groups in total. The molecule has 0 aliphatic heterocycles. The number of nitrogens with one attached hydrogen (secondary N) is 1. The van der Waals surface area contributed by atoms with E-state index in [-0.39, 0.29) is 11.4 Å². The number of nitrogens with zero attached hydrogens (tertiary/aromatic N) is 1. The Bertz CT molecular complexity index is 693. The SMILES string of the molecule is O=C(O)c1ccccc1C(C(=O)O)(C(=O)O)c1ncc[nH]1. The summed E-state index contributed by atoms with van der Waals surface area (Å²) in [5.41, 5.74) is -3.43. The zero-order chi connectivity index (χ0) is 15.6. The summed E-state index contributed by atoms with van der Waals surface area (Å²) in [4.78, 5) is 40.8. The second-order valence-electron chi connectivity index (χ2n) is 4.15. The van der Waals surface area contributed by atoms with Crippen molar-refractivity contribution in [2.75, 3.05) is 0 Å². The van der Waals surface area contributed by atoms with Crippen LogP contribution in [0.5, 0.6) is 0 Å². The van der Waals surface area contributed by atoms with E-state index in [1.807, 2.05) is 0 Å². The largest absolute Gasteiger partial charge is 0.480 e. The van der Waals surface area contributed by atoms with Gasteiger partial charge in [-0.3, -0.25) is 9.59 Å². The van der Waals surface area contributed by atoms with E-state index in [4.69, 9.17) is 0 Å². The molecule has 1 heterocycles. The lowest BCUT2D eigenvalue weighted by molar-refractivity contribution is -0.155. The van der Waals surface area contributed by atoms with Gasteiger partial charge in [0.2, 0.25) is 5.41 Å². The first-order chi connectivity index (χ1) is 9.92. The maximum atomic E-state index is 11.7. The Hall–Kier alpha value is -3.16. The van der Waals surface area contributed by atoms with Crippen molar-refractivity contribution in [2.24, 2.45) is 0 Å². The molecule has 0 saturated heterocycles. The van der Waals surface area contributed by atoms with Gasteiger partial charge in [0.05, 0.1) is 5.56 Å². The van der Waals surface area contributed by atoms with Crippen molar-refractivity contribution in [1.82, 2.24) is 9.97 Å². The van der Waals surface area contributed by atoms with E-state index in [1.165, 1.54) is 24.5 Å². The van der Waals surface area contributed by atoms with Crippen molar-refractivity contribution >= 4 is 17.9 Å². The van der Waals surface area contributed by atoms with Crippen LogP contribution in [0.3, 0.4) is 0 Å². The van der Waals surface area contributed by atoms with Gasteiger partial charge in [-0.2, -0.15) is 0 Å². The van der Waals surface area contributed by atoms with Crippen LogP contribution in [-0.4, -0.2) is 43.2 Å². The van der Waals surface area contributed by atoms with Crippen LogP contribution in [0.1, 0.15) is 21.7 Å². The summed E-state index contributed by atoms with van der Waals surface area (Å²) in [6, 6.07) is 5.03. The minimum atomic E-state index is -2.63. The molecule has 0 aliphatic rings. The monoisotopic (exact) mass is 290 g/mol. The van der Waals surface area contributed by atoms with Gasteiger partial charge in [0.1, 0.15) is 5.82 Å². The second kappa shape index (κ2) is 5.08. The molecule has 0 spiro atoms. The number of aromatic nitrogens is 2. The molecule has 0 fully saturated rings. The Kier molecular flexibility index (Phi) is 3.45. The highest BCUT2D eigenvalue weighted by atomic mass is 16.4. The van der Waals surface area contributed by atoms with Gasteiger partial charge in [0, 0.05) is 18.0 Å². The average Bonchev–Trinajstić information content (AvgIpc) is 2.93. The number of H-pyrrole nitrogens is 1. The maximum absolute atomic E-state index is 11.7. The van der Waals surface area contributed by atoms with Crippen LogP contribution in [0, 0.1) is 0 Å². The summed E-state index contributed by atoms with van der Waals surface area (Å²) in [5.74, 6) is -5.28. The van der Waals surface area contributed by atoms with Gasteiger partial charge < -0.3 is 20.3 Å². The zero-order valence-electron chi connectivity index (χ0n) is 10.5. The van der Waals surface area contributed by atoms with Crippen LogP contribution in [-0.2, 0) is 15.0 Å². The standard InChI is InChI=1S/C13H10N2O6/c16-9(17)7-3-1-2-4-8(7)13(11(18)19,12(20)21)10-14-5-6-15-10/h1-6H,(H,14,15)(H,16,17)(H,18,19)(H,20,21). The number of aromatic amines is 1. The number of hydrogen-bond acceptors (Lipinski definition) is 4. The Morgan fingerprint density at radius 1 is 1.05 bits per heavy atom. The molecule has 0 unspecified atom stereocenters. The molecule has 0 bridgehead atoms. The van der Waals surface area contributed by atoms with Crippen molar-refractivity contribution in [1.29, 1.82) is 0 Å². The molecule has 8 nitrogen and oxygen atoms in total. The fourth-order valence-electron chi connectivity index (χ4n) is 2.12. The predicted molar refractivity (Wildman–Crippen MR) is 68.0 cm³/mol. The highest BCUT2D eigenvalue weighted by Crippen LogP contribution is 2.33. The number of carbonyl (C=O) groups is 3.